The fourth-order valence-corrected chi connectivity index (χ4v) is 2.05. The second-order valence-corrected chi connectivity index (χ2v) is 5.34. The molecular weight excluding hydrogens is 191 g/mol. The first-order valence-corrected chi connectivity index (χ1v) is 4.49. The van der Waals surface area contributed by atoms with Gasteiger partial charge in [0.15, 0.2) is 0 Å². The minimum atomic E-state index is 0.897. The monoisotopic (exact) mass is 205 g/mol. The molecule has 0 bridgehead atoms. The fourth-order valence-electron chi connectivity index (χ4n) is 0.707. The summed E-state index contributed by atoms with van der Waals surface area (Å²) in [6, 6.07) is 0. The third-order valence-electron chi connectivity index (χ3n) is 0.825. The van der Waals surface area contributed by atoms with Crippen molar-refractivity contribution in [2.45, 2.75) is 31.1 Å². The summed E-state index contributed by atoms with van der Waals surface area (Å²) < 4.78 is 0.965. The van der Waals surface area contributed by atoms with Crippen molar-refractivity contribution in [1.82, 2.24) is 0 Å². The van der Waals surface area contributed by atoms with Crippen LogP contribution < -0.4 is 0 Å². The van der Waals surface area contributed by atoms with Crippen LogP contribution >= 0.6 is 0 Å². The molecule has 1 heteroatoms. The SMILES string of the molecule is CC(C)C[CH](C)[Sn]. The Bertz CT molecular complexity index is 33.4. The van der Waals surface area contributed by atoms with Crippen molar-refractivity contribution < 1.29 is 0 Å². The molecule has 0 N–H and O–H groups in total. The van der Waals surface area contributed by atoms with Crippen LogP contribution in [0.4, 0.5) is 0 Å². The van der Waals surface area contributed by atoms with Crippen molar-refractivity contribution in [1.29, 1.82) is 0 Å². The van der Waals surface area contributed by atoms with Crippen molar-refractivity contribution in [3.63, 3.8) is 0 Å². The van der Waals surface area contributed by atoms with Crippen LogP contribution in [-0.4, -0.2) is 22.5 Å². The molecule has 3 radical (unpaired) electrons. The first-order chi connectivity index (χ1) is 3.13. The Morgan fingerprint density at radius 1 is 1.29 bits per heavy atom. The Morgan fingerprint density at radius 3 is 1.71 bits per heavy atom. The molecule has 0 aliphatic heterocycles. The van der Waals surface area contributed by atoms with E-state index in [0.29, 0.717) is 0 Å². The number of rotatable bonds is 2. The molecule has 0 heterocycles. The summed E-state index contributed by atoms with van der Waals surface area (Å²) >= 11 is 1.68. The molecule has 0 aromatic rings. The van der Waals surface area contributed by atoms with Gasteiger partial charge in [-0.1, -0.05) is 0 Å². The normalized spacial score (nSPS) is 15.0. The van der Waals surface area contributed by atoms with Gasteiger partial charge in [0.2, 0.25) is 0 Å². The van der Waals surface area contributed by atoms with Crippen LogP contribution in [0, 0.1) is 5.92 Å². The van der Waals surface area contributed by atoms with Gasteiger partial charge in [-0.15, -0.1) is 0 Å². The molecule has 0 aliphatic rings. The van der Waals surface area contributed by atoms with Crippen molar-refractivity contribution >= 4 is 22.5 Å². The Morgan fingerprint density at radius 2 is 1.71 bits per heavy atom. The van der Waals surface area contributed by atoms with Crippen LogP contribution in [0.2, 0.25) is 3.93 Å². The summed E-state index contributed by atoms with van der Waals surface area (Å²) in [5.41, 5.74) is 0. The zero-order valence-corrected chi connectivity index (χ0v) is 8.22. The predicted octanol–water partition coefficient (Wildman–Crippen LogP) is 2.01. The van der Waals surface area contributed by atoms with Crippen molar-refractivity contribution in [3.8, 4) is 0 Å². The van der Waals surface area contributed by atoms with Gasteiger partial charge in [-0.25, -0.2) is 0 Å². The van der Waals surface area contributed by atoms with E-state index >= 15 is 0 Å². The quantitative estimate of drug-likeness (QED) is 0.603. The van der Waals surface area contributed by atoms with E-state index in [4.69, 9.17) is 0 Å². The predicted molar refractivity (Wildman–Crippen MR) is 34.6 cm³/mol. The molecule has 0 spiro atoms. The van der Waals surface area contributed by atoms with Crippen LogP contribution in [0.1, 0.15) is 27.2 Å². The molecule has 0 fully saturated rings. The van der Waals surface area contributed by atoms with Gasteiger partial charge >= 0.3 is 59.6 Å². The second-order valence-electron chi connectivity index (χ2n) is 2.53. The zero-order chi connectivity index (χ0) is 5.86. The van der Waals surface area contributed by atoms with Gasteiger partial charge in [0.1, 0.15) is 0 Å². The van der Waals surface area contributed by atoms with Crippen LogP contribution in [0.3, 0.4) is 0 Å². The van der Waals surface area contributed by atoms with E-state index in [1.54, 1.807) is 22.5 Å². The zero-order valence-electron chi connectivity index (χ0n) is 5.36. The maximum atomic E-state index is 2.30. The van der Waals surface area contributed by atoms with E-state index in [2.05, 4.69) is 20.8 Å². The Hall–Kier alpha value is 0.799. The van der Waals surface area contributed by atoms with Gasteiger partial charge in [0.05, 0.1) is 0 Å². The first kappa shape index (κ1) is 7.80. The van der Waals surface area contributed by atoms with E-state index in [1.165, 1.54) is 6.42 Å². The van der Waals surface area contributed by atoms with Crippen LogP contribution in [-0.2, 0) is 0 Å². The number of hydrogen-bond acceptors (Lipinski definition) is 0. The number of hydrogen-bond donors (Lipinski definition) is 0. The molecule has 1 unspecified atom stereocenters. The third-order valence-corrected chi connectivity index (χ3v) is 1.50. The fraction of sp³-hybridized carbons (Fsp3) is 1.00. The molecule has 0 rings (SSSR count). The van der Waals surface area contributed by atoms with E-state index in [0.717, 1.165) is 9.85 Å². The van der Waals surface area contributed by atoms with E-state index in [9.17, 15) is 0 Å². The van der Waals surface area contributed by atoms with Gasteiger partial charge in [-0.05, 0) is 0 Å². The maximum absolute atomic E-state index is 2.30. The van der Waals surface area contributed by atoms with E-state index < -0.39 is 0 Å². The summed E-state index contributed by atoms with van der Waals surface area (Å²) in [6.45, 7) is 6.86. The van der Waals surface area contributed by atoms with Crippen LogP contribution in [0.5, 0.6) is 0 Å². The van der Waals surface area contributed by atoms with Gasteiger partial charge < -0.3 is 0 Å². The summed E-state index contributed by atoms with van der Waals surface area (Å²) in [4.78, 5) is 0. The minimum absolute atomic E-state index is 0.897. The molecule has 0 aromatic carbocycles. The molecule has 41 valence electrons. The molecule has 7 heavy (non-hydrogen) atoms. The Kier molecular flexibility index (Phi) is 4.19. The Balaban J connectivity index is 2.95. The molecule has 0 nitrogen and oxygen atoms in total. The summed E-state index contributed by atoms with van der Waals surface area (Å²) in [7, 11) is 0. The van der Waals surface area contributed by atoms with E-state index in [1.807, 2.05) is 0 Å². The van der Waals surface area contributed by atoms with Crippen molar-refractivity contribution in [3.05, 3.63) is 0 Å². The summed E-state index contributed by atoms with van der Waals surface area (Å²) in [5.74, 6) is 0.897. The second kappa shape index (κ2) is 3.76. The third kappa shape index (κ3) is 6.80. The van der Waals surface area contributed by atoms with Crippen LogP contribution in [0.15, 0.2) is 0 Å². The average molecular weight is 204 g/mol. The van der Waals surface area contributed by atoms with Gasteiger partial charge in [0.25, 0.3) is 0 Å². The van der Waals surface area contributed by atoms with Crippen LogP contribution in [0.25, 0.3) is 0 Å². The summed E-state index contributed by atoms with van der Waals surface area (Å²) in [5, 5.41) is 0. The van der Waals surface area contributed by atoms with Gasteiger partial charge in [-0.2, -0.15) is 0 Å². The standard InChI is InChI=1S/C6H13.Sn/c1-4-5-6(2)3;/h4,6H,5H2,1-3H3;. The average Bonchev–Trinajstić information content (AvgIpc) is 1.27. The molecule has 0 saturated carbocycles. The topological polar surface area (TPSA) is 0 Å². The Labute approximate surface area is 59.8 Å². The summed E-state index contributed by atoms with van der Waals surface area (Å²) in [6.07, 6.45) is 1.40. The van der Waals surface area contributed by atoms with E-state index in [-0.39, 0.29) is 0 Å². The molecule has 0 aliphatic carbocycles. The van der Waals surface area contributed by atoms with Gasteiger partial charge in [0, 0.05) is 0 Å². The molecule has 0 saturated heterocycles. The van der Waals surface area contributed by atoms with Crippen molar-refractivity contribution in [2.24, 2.45) is 5.92 Å². The molecular formula is C6H13Sn. The molecule has 1 atom stereocenters. The van der Waals surface area contributed by atoms with Crippen molar-refractivity contribution in [2.75, 3.05) is 0 Å². The molecule has 0 amide bonds. The molecule has 0 aromatic heterocycles. The van der Waals surface area contributed by atoms with Gasteiger partial charge in [-0.3, -0.25) is 0 Å². The first-order valence-electron chi connectivity index (χ1n) is 2.84.